The number of rotatable bonds is 18. The molecule has 0 aliphatic carbocycles. The van der Waals surface area contributed by atoms with E-state index >= 15 is 0 Å². The van der Waals surface area contributed by atoms with Crippen LogP contribution in [0.15, 0.2) is 60.7 Å². The summed E-state index contributed by atoms with van der Waals surface area (Å²) in [4.78, 5) is 51.9. The SMILES string of the molecule is CCCC[C@H](C)[C@H](CC(=O)N[C@H](C(=O)N[C@@H](CO)C(=O)O)C(c1ccccc1)c1ccccc1)OC(=O)[C@H](N)[C@@H](C)CC. The molecule has 0 heterocycles. The van der Waals surface area contributed by atoms with Crippen molar-refractivity contribution in [3.05, 3.63) is 71.8 Å². The van der Waals surface area contributed by atoms with E-state index in [4.69, 9.17) is 10.5 Å². The van der Waals surface area contributed by atoms with Crippen LogP contribution in [-0.4, -0.2) is 64.8 Å². The molecule has 2 aromatic carbocycles. The van der Waals surface area contributed by atoms with Gasteiger partial charge in [-0.3, -0.25) is 14.4 Å². The number of carboxylic acids is 1. The van der Waals surface area contributed by atoms with Gasteiger partial charge < -0.3 is 31.3 Å². The fourth-order valence-corrected chi connectivity index (χ4v) is 4.85. The first kappa shape index (κ1) is 35.4. The summed E-state index contributed by atoms with van der Waals surface area (Å²) in [6.07, 6.45) is 2.21. The molecule has 43 heavy (non-hydrogen) atoms. The average Bonchev–Trinajstić information content (AvgIpc) is 3.01. The van der Waals surface area contributed by atoms with E-state index in [9.17, 15) is 29.4 Å². The Morgan fingerprint density at radius 3 is 1.91 bits per heavy atom. The van der Waals surface area contributed by atoms with E-state index in [1.807, 2.05) is 64.1 Å². The molecule has 2 rings (SSSR count). The number of aliphatic carboxylic acids is 1. The van der Waals surface area contributed by atoms with Gasteiger partial charge in [0.2, 0.25) is 11.8 Å². The minimum Gasteiger partial charge on any atom is -0.480 e. The van der Waals surface area contributed by atoms with Crippen molar-refractivity contribution >= 4 is 23.8 Å². The van der Waals surface area contributed by atoms with E-state index in [0.29, 0.717) is 17.5 Å². The fourth-order valence-electron chi connectivity index (χ4n) is 4.85. The lowest BCUT2D eigenvalue weighted by Crippen LogP contribution is -2.55. The predicted molar refractivity (Wildman–Crippen MR) is 164 cm³/mol. The Hall–Kier alpha value is -3.76. The number of carbonyl (C=O) groups excluding carboxylic acids is 3. The molecule has 0 saturated carbocycles. The summed E-state index contributed by atoms with van der Waals surface area (Å²) >= 11 is 0. The van der Waals surface area contributed by atoms with Gasteiger partial charge in [0.05, 0.1) is 13.0 Å². The van der Waals surface area contributed by atoms with Crippen LogP contribution in [0, 0.1) is 11.8 Å². The van der Waals surface area contributed by atoms with Crippen molar-refractivity contribution in [1.29, 1.82) is 0 Å². The number of carbonyl (C=O) groups is 4. The number of aliphatic hydroxyl groups excluding tert-OH is 1. The number of nitrogens with two attached hydrogens (primary N) is 1. The maximum atomic E-state index is 13.7. The van der Waals surface area contributed by atoms with Crippen LogP contribution in [0.5, 0.6) is 0 Å². The predicted octanol–water partition coefficient (Wildman–Crippen LogP) is 3.37. The van der Waals surface area contributed by atoms with Crippen LogP contribution in [0.25, 0.3) is 0 Å². The van der Waals surface area contributed by atoms with Crippen LogP contribution < -0.4 is 16.4 Å². The highest BCUT2D eigenvalue weighted by Gasteiger charge is 2.36. The van der Waals surface area contributed by atoms with Gasteiger partial charge in [0.15, 0.2) is 0 Å². The monoisotopic (exact) mass is 597 g/mol. The van der Waals surface area contributed by atoms with Crippen LogP contribution in [0.4, 0.5) is 0 Å². The average molecular weight is 598 g/mol. The topological polar surface area (TPSA) is 168 Å². The van der Waals surface area contributed by atoms with E-state index in [1.54, 1.807) is 24.3 Å². The molecule has 0 bridgehead atoms. The molecule has 0 saturated heterocycles. The Bertz CT molecular complexity index is 1120. The number of nitrogens with one attached hydrogen (secondary N) is 2. The van der Waals surface area contributed by atoms with Gasteiger partial charge in [0, 0.05) is 5.92 Å². The molecule has 2 aromatic rings. The first-order valence-corrected chi connectivity index (χ1v) is 15.0. The van der Waals surface area contributed by atoms with Crippen molar-refractivity contribution in [3.8, 4) is 0 Å². The van der Waals surface area contributed by atoms with E-state index in [1.165, 1.54) is 0 Å². The normalized spacial score (nSPS) is 15.4. The molecule has 0 aromatic heterocycles. The number of hydrogen-bond donors (Lipinski definition) is 5. The smallest absolute Gasteiger partial charge is 0.328 e. The van der Waals surface area contributed by atoms with Crippen molar-refractivity contribution in [1.82, 2.24) is 10.6 Å². The quantitative estimate of drug-likeness (QED) is 0.163. The lowest BCUT2D eigenvalue weighted by molar-refractivity contribution is -0.156. The van der Waals surface area contributed by atoms with Crippen LogP contribution in [-0.2, 0) is 23.9 Å². The van der Waals surface area contributed by atoms with Gasteiger partial charge in [-0.15, -0.1) is 0 Å². The number of benzene rings is 2. The molecule has 0 spiro atoms. The van der Waals surface area contributed by atoms with Crippen molar-refractivity contribution in [2.75, 3.05) is 6.61 Å². The molecular formula is C33H47N3O7. The number of esters is 1. The second kappa shape index (κ2) is 18.0. The van der Waals surface area contributed by atoms with Crippen molar-refractivity contribution in [2.45, 2.75) is 89.9 Å². The Kier molecular flexibility index (Phi) is 14.9. The molecule has 0 unspecified atom stereocenters. The number of ether oxygens (including phenoxy) is 1. The molecule has 0 fully saturated rings. The standard InChI is InChI=1S/C33H47N3O7/c1-5-7-14-22(4)26(43-33(42)29(34)21(3)6-2)19-27(38)36-30(31(39)35-25(20-37)32(40)41)28(23-15-10-8-11-16-23)24-17-12-9-13-18-24/h8-13,15-18,21-22,25-26,28-30,37H,5-7,14,19-20,34H2,1-4H3,(H,35,39)(H,36,38)(H,40,41)/t21-,22-,25-,26-,29+,30-/m0/s1. The second-order valence-electron chi connectivity index (χ2n) is 11.1. The molecule has 0 aliphatic heterocycles. The maximum Gasteiger partial charge on any atom is 0.328 e. The zero-order valence-electron chi connectivity index (χ0n) is 25.6. The van der Waals surface area contributed by atoms with Gasteiger partial charge in [-0.05, 0) is 29.4 Å². The van der Waals surface area contributed by atoms with Gasteiger partial charge in [-0.2, -0.15) is 0 Å². The Balaban J connectivity index is 2.45. The summed E-state index contributed by atoms with van der Waals surface area (Å²) in [5, 5.41) is 24.2. The van der Waals surface area contributed by atoms with Gasteiger partial charge in [-0.25, -0.2) is 4.79 Å². The van der Waals surface area contributed by atoms with Crippen molar-refractivity contribution in [2.24, 2.45) is 17.6 Å². The zero-order valence-corrected chi connectivity index (χ0v) is 25.6. The third-order valence-corrected chi connectivity index (χ3v) is 7.88. The lowest BCUT2D eigenvalue weighted by Gasteiger charge is -2.31. The summed E-state index contributed by atoms with van der Waals surface area (Å²) in [6, 6.07) is 14.5. The number of aliphatic hydroxyl groups is 1. The Morgan fingerprint density at radius 2 is 1.44 bits per heavy atom. The third-order valence-electron chi connectivity index (χ3n) is 7.88. The van der Waals surface area contributed by atoms with Crippen LogP contribution in [0.2, 0.25) is 0 Å². The van der Waals surface area contributed by atoms with Gasteiger partial charge in [-0.1, -0.05) is 108 Å². The zero-order chi connectivity index (χ0) is 31.9. The lowest BCUT2D eigenvalue weighted by atomic mass is 9.84. The molecule has 0 radical (unpaired) electrons. The maximum absolute atomic E-state index is 13.7. The first-order chi connectivity index (χ1) is 20.5. The molecule has 2 amide bonds. The summed E-state index contributed by atoms with van der Waals surface area (Å²) in [5.74, 6) is -4.28. The van der Waals surface area contributed by atoms with Gasteiger partial charge in [0.25, 0.3) is 0 Å². The number of amides is 2. The van der Waals surface area contributed by atoms with E-state index in [0.717, 1.165) is 19.3 Å². The summed E-state index contributed by atoms with van der Waals surface area (Å²) in [5.41, 5.74) is 7.55. The highest BCUT2D eigenvalue weighted by molar-refractivity contribution is 5.92. The van der Waals surface area contributed by atoms with Crippen LogP contribution in [0.1, 0.15) is 76.8 Å². The Morgan fingerprint density at radius 1 is 0.884 bits per heavy atom. The van der Waals surface area contributed by atoms with Crippen molar-refractivity contribution < 1.29 is 34.1 Å². The second-order valence-corrected chi connectivity index (χ2v) is 11.1. The molecular weight excluding hydrogens is 550 g/mol. The summed E-state index contributed by atoms with van der Waals surface area (Å²) in [6.45, 7) is 6.93. The molecule has 10 nitrogen and oxygen atoms in total. The van der Waals surface area contributed by atoms with E-state index < -0.39 is 60.5 Å². The van der Waals surface area contributed by atoms with Crippen LogP contribution >= 0.6 is 0 Å². The molecule has 0 aliphatic rings. The van der Waals surface area contributed by atoms with E-state index in [-0.39, 0.29) is 18.3 Å². The molecule has 10 heteroatoms. The minimum atomic E-state index is -1.57. The number of hydrogen-bond acceptors (Lipinski definition) is 7. The summed E-state index contributed by atoms with van der Waals surface area (Å²) < 4.78 is 5.81. The molecule has 6 N–H and O–H groups in total. The molecule has 6 atom stereocenters. The first-order valence-electron chi connectivity index (χ1n) is 15.0. The number of carboxylic acid groups (broad SMARTS) is 1. The van der Waals surface area contributed by atoms with E-state index in [2.05, 4.69) is 10.6 Å². The number of unbranched alkanes of at least 4 members (excludes halogenated alkanes) is 1. The van der Waals surface area contributed by atoms with Gasteiger partial charge in [0.1, 0.15) is 24.2 Å². The highest BCUT2D eigenvalue weighted by Crippen LogP contribution is 2.29. The minimum absolute atomic E-state index is 0.104. The Labute approximate surface area is 254 Å². The third kappa shape index (κ3) is 10.8. The van der Waals surface area contributed by atoms with Gasteiger partial charge >= 0.3 is 11.9 Å². The van der Waals surface area contributed by atoms with Crippen molar-refractivity contribution in [3.63, 3.8) is 0 Å². The fraction of sp³-hybridized carbons (Fsp3) is 0.515. The largest absolute Gasteiger partial charge is 0.480 e. The summed E-state index contributed by atoms with van der Waals surface area (Å²) in [7, 11) is 0. The van der Waals surface area contributed by atoms with Crippen LogP contribution in [0.3, 0.4) is 0 Å². The highest BCUT2D eigenvalue weighted by atomic mass is 16.5. The molecule has 236 valence electrons.